The van der Waals surface area contributed by atoms with Crippen molar-refractivity contribution in [3.63, 3.8) is 0 Å². The zero-order valence-electron chi connectivity index (χ0n) is 13.9. The summed E-state index contributed by atoms with van der Waals surface area (Å²) in [5.74, 6) is -0.524. The van der Waals surface area contributed by atoms with Gasteiger partial charge in [0.2, 0.25) is 10.0 Å². The summed E-state index contributed by atoms with van der Waals surface area (Å²) in [6.45, 7) is 2.75. The molecular weight excluding hydrogens is 344 g/mol. The highest BCUT2D eigenvalue weighted by atomic mass is 32.2. The number of aromatic nitrogens is 3. The van der Waals surface area contributed by atoms with Crippen LogP contribution in [0.5, 0.6) is 0 Å². The van der Waals surface area contributed by atoms with Crippen LogP contribution >= 0.6 is 0 Å². The van der Waals surface area contributed by atoms with Gasteiger partial charge >= 0.3 is 5.97 Å². The molecule has 0 atom stereocenters. The Bertz CT molecular complexity index is 828. The van der Waals surface area contributed by atoms with E-state index in [1.165, 1.54) is 22.8 Å². The molecule has 1 aliphatic rings. The number of ether oxygens (including phenoxy) is 1. The summed E-state index contributed by atoms with van der Waals surface area (Å²) in [6, 6.07) is 6.13. The fraction of sp³-hybridized carbons (Fsp3) is 0.438. The topological polar surface area (TPSA) is 94.4 Å². The molecule has 25 heavy (non-hydrogen) atoms. The van der Waals surface area contributed by atoms with Gasteiger partial charge in [0.1, 0.15) is 12.7 Å². The molecule has 8 nitrogen and oxygen atoms in total. The Hall–Kier alpha value is -2.26. The first-order valence-electron chi connectivity index (χ1n) is 8.14. The quantitative estimate of drug-likeness (QED) is 0.746. The van der Waals surface area contributed by atoms with Crippen LogP contribution in [0.3, 0.4) is 0 Å². The number of carbonyl (C=O) groups is 1. The van der Waals surface area contributed by atoms with E-state index in [4.69, 9.17) is 4.74 Å². The first kappa shape index (κ1) is 17.6. The van der Waals surface area contributed by atoms with E-state index in [9.17, 15) is 13.2 Å². The van der Waals surface area contributed by atoms with E-state index >= 15 is 0 Å². The number of piperidine rings is 1. The molecule has 1 saturated heterocycles. The average Bonchev–Trinajstić information content (AvgIpc) is 3.17. The van der Waals surface area contributed by atoms with Crippen molar-refractivity contribution < 1.29 is 17.9 Å². The molecule has 0 spiro atoms. The van der Waals surface area contributed by atoms with Crippen molar-refractivity contribution in [1.82, 2.24) is 19.1 Å². The summed E-state index contributed by atoms with van der Waals surface area (Å²) in [6.07, 6.45) is 4.46. The van der Waals surface area contributed by atoms with Gasteiger partial charge < -0.3 is 4.74 Å². The van der Waals surface area contributed by atoms with Crippen molar-refractivity contribution in [2.45, 2.75) is 30.7 Å². The highest BCUT2D eigenvalue weighted by molar-refractivity contribution is 7.89. The maximum absolute atomic E-state index is 12.9. The summed E-state index contributed by atoms with van der Waals surface area (Å²) >= 11 is 0. The summed E-state index contributed by atoms with van der Waals surface area (Å²) in [4.78, 5) is 15.9. The number of sulfonamides is 1. The zero-order valence-corrected chi connectivity index (χ0v) is 14.7. The zero-order chi connectivity index (χ0) is 17.9. The molecule has 3 rings (SSSR count). The Morgan fingerprint density at radius 3 is 2.72 bits per heavy atom. The number of esters is 1. The second kappa shape index (κ2) is 7.32. The molecule has 9 heteroatoms. The van der Waals surface area contributed by atoms with Crippen LogP contribution in [0.25, 0.3) is 0 Å². The van der Waals surface area contributed by atoms with Crippen LogP contribution in [-0.4, -0.2) is 53.2 Å². The van der Waals surface area contributed by atoms with Crippen LogP contribution < -0.4 is 0 Å². The summed E-state index contributed by atoms with van der Waals surface area (Å²) in [5, 5.41) is 4.12. The van der Waals surface area contributed by atoms with Crippen molar-refractivity contribution in [3.05, 3.63) is 42.5 Å². The predicted octanol–water partition coefficient (Wildman–Crippen LogP) is 1.48. The van der Waals surface area contributed by atoms with Gasteiger partial charge in [-0.2, -0.15) is 9.40 Å². The van der Waals surface area contributed by atoms with Crippen LogP contribution in [0.1, 0.15) is 36.2 Å². The lowest BCUT2D eigenvalue weighted by Crippen LogP contribution is -2.39. The highest BCUT2D eigenvalue weighted by Crippen LogP contribution is 2.26. The summed E-state index contributed by atoms with van der Waals surface area (Å²) < 4.78 is 33.9. The molecule has 0 aliphatic carbocycles. The highest BCUT2D eigenvalue weighted by Gasteiger charge is 2.30. The van der Waals surface area contributed by atoms with Gasteiger partial charge in [-0.25, -0.2) is 22.9 Å². The number of nitrogens with zero attached hydrogens (tertiary/aromatic N) is 4. The van der Waals surface area contributed by atoms with Gasteiger partial charge in [-0.15, -0.1) is 0 Å². The Morgan fingerprint density at radius 2 is 2.08 bits per heavy atom. The predicted molar refractivity (Wildman–Crippen MR) is 89.5 cm³/mol. The molecule has 0 amide bonds. The largest absolute Gasteiger partial charge is 0.462 e. The molecule has 134 valence electrons. The molecular formula is C16H20N4O4S. The third-order valence-electron chi connectivity index (χ3n) is 4.22. The Labute approximate surface area is 146 Å². The van der Waals surface area contributed by atoms with Gasteiger partial charge in [-0.1, -0.05) is 6.07 Å². The van der Waals surface area contributed by atoms with Crippen molar-refractivity contribution in [2.24, 2.45) is 0 Å². The SMILES string of the molecule is CCOC(=O)c1cccc(S(=O)(=O)N2CCC(n3cncn3)CC2)c1. The van der Waals surface area contributed by atoms with Crippen molar-refractivity contribution in [2.75, 3.05) is 19.7 Å². The molecule has 1 aliphatic heterocycles. The molecule has 0 N–H and O–H groups in total. The van der Waals surface area contributed by atoms with Crippen LogP contribution in [0.2, 0.25) is 0 Å². The first-order chi connectivity index (χ1) is 12.0. The Balaban J connectivity index is 1.74. The van der Waals surface area contributed by atoms with Gasteiger partial charge in [0.25, 0.3) is 0 Å². The second-order valence-corrected chi connectivity index (χ2v) is 7.70. The van der Waals surface area contributed by atoms with E-state index in [0.717, 1.165) is 0 Å². The van der Waals surface area contributed by atoms with Crippen molar-refractivity contribution in [1.29, 1.82) is 0 Å². The molecule has 1 aromatic carbocycles. The molecule has 2 heterocycles. The van der Waals surface area contributed by atoms with Crippen molar-refractivity contribution in [3.8, 4) is 0 Å². The molecule has 1 fully saturated rings. The van der Waals surface area contributed by atoms with Gasteiger partial charge in [-0.3, -0.25) is 0 Å². The smallest absolute Gasteiger partial charge is 0.338 e. The van der Waals surface area contributed by atoms with Crippen LogP contribution in [0.15, 0.2) is 41.8 Å². The fourth-order valence-corrected chi connectivity index (χ4v) is 4.42. The third-order valence-corrected chi connectivity index (χ3v) is 6.11. The molecule has 2 aromatic rings. The third kappa shape index (κ3) is 3.72. The fourth-order valence-electron chi connectivity index (χ4n) is 2.90. The Kier molecular flexibility index (Phi) is 5.14. The second-order valence-electron chi connectivity index (χ2n) is 5.76. The van der Waals surface area contributed by atoms with Gasteiger partial charge in [0, 0.05) is 13.1 Å². The van der Waals surface area contributed by atoms with E-state index in [-0.39, 0.29) is 23.1 Å². The monoisotopic (exact) mass is 364 g/mol. The van der Waals surface area contributed by atoms with Gasteiger partial charge in [0.15, 0.2) is 0 Å². The number of benzene rings is 1. The number of hydrogen-bond acceptors (Lipinski definition) is 6. The molecule has 0 saturated carbocycles. The van der Waals surface area contributed by atoms with E-state index in [0.29, 0.717) is 25.9 Å². The van der Waals surface area contributed by atoms with Crippen LogP contribution in [0.4, 0.5) is 0 Å². The summed E-state index contributed by atoms with van der Waals surface area (Å²) in [7, 11) is -3.64. The lowest BCUT2D eigenvalue weighted by atomic mass is 10.1. The van der Waals surface area contributed by atoms with E-state index in [1.807, 2.05) is 0 Å². The van der Waals surface area contributed by atoms with Crippen LogP contribution in [0, 0.1) is 0 Å². The Morgan fingerprint density at radius 1 is 1.32 bits per heavy atom. The first-order valence-corrected chi connectivity index (χ1v) is 9.58. The van der Waals surface area contributed by atoms with Crippen molar-refractivity contribution >= 4 is 16.0 Å². The number of hydrogen-bond donors (Lipinski definition) is 0. The maximum atomic E-state index is 12.9. The molecule has 0 bridgehead atoms. The normalized spacial score (nSPS) is 16.7. The number of carbonyl (C=O) groups excluding carboxylic acids is 1. The summed E-state index contributed by atoms with van der Waals surface area (Å²) in [5.41, 5.74) is 0.237. The lowest BCUT2D eigenvalue weighted by molar-refractivity contribution is 0.0526. The number of rotatable bonds is 5. The van der Waals surface area contributed by atoms with E-state index < -0.39 is 16.0 Å². The van der Waals surface area contributed by atoms with E-state index in [2.05, 4.69) is 10.1 Å². The average molecular weight is 364 g/mol. The maximum Gasteiger partial charge on any atom is 0.338 e. The van der Waals surface area contributed by atoms with Gasteiger partial charge in [-0.05, 0) is 38.0 Å². The van der Waals surface area contributed by atoms with E-state index in [1.54, 1.807) is 30.1 Å². The van der Waals surface area contributed by atoms with Crippen LogP contribution in [-0.2, 0) is 14.8 Å². The minimum absolute atomic E-state index is 0.109. The minimum Gasteiger partial charge on any atom is -0.462 e. The lowest BCUT2D eigenvalue weighted by Gasteiger charge is -2.31. The standard InChI is InChI=1S/C16H20N4O4S/c1-2-24-16(21)13-4-3-5-15(10-13)25(22,23)19-8-6-14(7-9-19)20-12-17-11-18-20/h3-5,10-12,14H,2,6-9H2,1H3. The molecule has 1 aromatic heterocycles. The minimum atomic E-state index is -3.64. The molecule has 0 unspecified atom stereocenters. The molecule has 0 radical (unpaired) electrons. The van der Waals surface area contributed by atoms with Gasteiger partial charge in [0.05, 0.1) is 23.1 Å².